The van der Waals surface area contributed by atoms with Crippen molar-refractivity contribution in [3.05, 3.63) is 114 Å². The molecule has 0 aliphatic heterocycles. The van der Waals surface area contributed by atoms with Crippen molar-refractivity contribution in [1.29, 1.82) is 0 Å². The monoisotopic (exact) mass is 463 g/mol. The van der Waals surface area contributed by atoms with Crippen molar-refractivity contribution < 1.29 is 9.18 Å². The molecular formula is C28H22FN5O. The number of aromatic nitrogens is 4. The van der Waals surface area contributed by atoms with E-state index in [1.807, 2.05) is 48.8 Å². The fraction of sp³-hybridized carbons (Fsp3) is 0.143. The number of nitrogens with zero attached hydrogens (tertiary/aromatic N) is 4. The van der Waals surface area contributed by atoms with E-state index in [2.05, 4.69) is 26.7 Å². The maximum Gasteiger partial charge on any atom is 0.252 e. The Morgan fingerprint density at radius 2 is 1.83 bits per heavy atom. The number of carbonyl (C=O) groups is 1. The van der Waals surface area contributed by atoms with Gasteiger partial charge < -0.3 is 5.32 Å². The number of fused-ring (bicyclic) bond motifs is 1. The summed E-state index contributed by atoms with van der Waals surface area (Å²) in [5.41, 5.74) is 2.98. The van der Waals surface area contributed by atoms with Gasteiger partial charge in [0, 0.05) is 34.5 Å². The van der Waals surface area contributed by atoms with E-state index in [1.165, 1.54) is 6.07 Å². The van der Waals surface area contributed by atoms with E-state index in [0.29, 0.717) is 17.7 Å². The maximum absolute atomic E-state index is 14.4. The van der Waals surface area contributed by atoms with Gasteiger partial charge >= 0.3 is 0 Å². The second-order valence-corrected chi connectivity index (χ2v) is 8.91. The third-order valence-electron chi connectivity index (χ3n) is 6.56. The lowest BCUT2D eigenvalue weighted by Gasteiger charge is -2.19. The van der Waals surface area contributed by atoms with E-state index in [-0.39, 0.29) is 11.7 Å². The molecule has 0 saturated heterocycles. The number of carbonyl (C=O) groups excluding carboxylic acids is 1. The first-order valence-electron chi connectivity index (χ1n) is 11.5. The Hall–Kier alpha value is -4.39. The Bertz CT molecular complexity index is 1560. The zero-order chi connectivity index (χ0) is 23.8. The van der Waals surface area contributed by atoms with Crippen molar-refractivity contribution in [3.8, 4) is 11.3 Å². The molecule has 2 aromatic heterocycles. The molecule has 1 amide bonds. The molecule has 3 aromatic carbocycles. The highest BCUT2D eigenvalue weighted by Crippen LogP contribution is 2.46. The van der Waals surface area contributed by atoms with Crippen LogP contribution in [0.5, 0.6) is 0 Å². The lowest BCUT2D eigenvalue weighted by Crippen LogP contribution is -2.36. The van der Waals surface area contributed by atoms with E-state index in [4.69, 9.17) is 0 Å². The van der Waals surface area contributed by atoms with Crippen LogP contribution in [0.15, 0.2) is 91.4 Å². The molecule has 0 bridgehead atoms. The summed E-state index contributed by atoms with van der Waals surface area (Å²) in [5.74, 6) is -0.511. The van der Waals surface area contributed by atoms with Crippen molar-refractivity contribution >= 4 is 16.7 Å². The molecule has 6 nitrogen and oxygen atoms in total. The number of hydrogen-bond acceptors (Lipinski definition) is 4. The van der Waals surface area contributed by atoms with Gasteiger partial charge in [-0.2, -0.15) is 0 Å². The van der Waals surface area contributed by atoms with Crippen LogP contribution in [0.1, 0.15) is 34.3 Å². The SMILES string of the molecule is O=C(NC1(c2ccccc2F)CC1)c1ccccc1Cn1cc(-c2ccc3cnccc3c2)nn1. The molecule has 1 aliphatic carbocycles. The standard InChI is InChI=1S/C28H22FN5O/c29-25-8-4-3-7-24(25)28(12-13-28)31-27(35)23-6-2-1-5-22(23)17-34-18-26(32-33-34)20-9-10-21-16-30-14-11-19(21)15-20/h1-11,14-16,18H,12-13,17H2,(H,31,35). The molecule has 1 aliphatic rings. The summed E-state index contributed by atoms with van der Waals surface area (Å²) in [6, 6.07) is 22.1. The average Bonchev–Trinajstić information content (AvgIpc) is 3.51. The third-order valence-corrected chi connectivity index (χ3v) is 6.56. The lowest BCUT2D eigenvalue weighted by atomic mass is 10.0. The fourth-order valence-electron chi connectivity index (χ4n) is 4.53. The number of amides is 1. The third kappa shape index (κ3) is 4.05. The van der Waals surface area contributed by atoms with Crippen molar-refractivity contribution in [2.75, 3.05) is 0 Å². The first-order valence-corrected chi connectivity index (χ1v) is 11.5. The van der Waals surface area contributed by atoms with Crippen LogP contribution in [0, 0.1) is 5.82 Å². The van der Waals surface area contributed by atoms with E-state index >= 15 is 0 Å². The first-order chi connectivity index (χ1) is 17.1. The molecule has 35 heavy (non-hydrogen) atoms. The number of pyridine rings is 1. The lowest BCUT2D eigenvalue weighted by molar-refractivity contribution is 0.0929. The summed E-state index contributed by atoms with van der Waals surface area (Å²) in [4.78, 5) is 17.4. The molecule has 1 N–H and O–H groups in total. The number of hydrogen-bond donors (Lipinski definition) is 1. The van der Waals surface area contributed by atoms with Gasteiger partial charge in [-0.3, -0.25) is 9.78 Å². The van der Waals surface area contributed by atoms with Gasteiger partial charge in [0.25, 0.3) is 5.91 Å². The molecule has 2 heterocycles. The van der Waals surface area contributed by atoms with Gasteiger partial charge in [0.1, 0.15) is 11.5 Å². The number of benzene rings is 3. The molecule has 172 valence electrons. The molecule has 0 spiro atoms. The van der Waals surface area contributed by atoms with Crippen molar-refractivity contribution in [1.82, 2.24) is 25.3 Å². The van der Waals surface area contributed by atoms with Crippen LogP contribution in [0.3, 0.4) is 0 Å². The Morgan fingerprint density at radius 3 is 2.69 bits per heavy atom. The van der Waals surface area contributed by atoms with E-state index in [1.54, 1.807) is 35.1 Å². The smallest absolute Gasteiger partial charge is 0.252 e. The van der Waals surface area contributed by atoms with E-state index in [9.17, 15) is 9.18 Å². The Kier molecular flexibility index (Phi) is 5.10. The molecule has 0 unspecified atom stereocenters. The predicted molar refractivity (Wildman–Crippen MR) is 131 cm³/mol. The van der Waals surface area contributed by atoms with Crippen LogP contribution in [0.2, 0.25) is 0 Å². The van der Waals surface area contributed by atoms with E-state index < -0.39 is 5.54 Å². The largest absolute Gasteiger partial charge is 0.342 e. The molecule has 1 fully saturated rings. The van der Waals surface area contributed by atoms with Crippen LogP contribution in [-0.2, 0) is 12.1 Å². The van der Waals surface area contributed by atoms with Gasteiger partial charge in [-0.05, 0) is 48.1 Å². The van der Waals surface area contributed by atoms with Gasteiger partial charge in [0.05, 0.1) is 18.3 Å². The minimum absolute atomic E-state index is 0.218. The average molecular weight is 464 g/mol. The molecule has 1 saturated carbocycles. The quantitative estimate of drug-likeness (QED) is 0.380. The van der Waals surface area contributed by atoms with Crippen molar-refractivity contribution in [3.63, 3.8) is 0 Å². The number of rotatable bonds is 6. The Morgan fingerprint density at radius 1 is 1.00 bits per heavy atom. The van der Waals surface area contributed by atoms with E-state index in [0.717, 1.165) is 40.4 Å². The van der Waals surface area contributed by atoms with Gasteiger partial charge in [0.15, 0.2) is 0 Å². The first kappa shape index (κ1) is 21.2. The normalized spacial score (nSPS) is 14.1. The summed E-state index contributed by atoms with van der Waals surface area (Å²) >= 11 is 0. The maximum atomic E-state index is 14.4. The zero-order valence-electron chi connectivity index (χ0n) is 18.9. The predicted octanol–water partition coefficient (Wildman–Crippen LogP) is 5.10. The Balaban J connectivity index is 1.23. The molecule has 0 atom stereocenters. The highest BCUT2D eigenvalue weighted by molar-refractivity contribution is 5.96. The van der Waals surface area contributed by atoms with Gasteiger partial charge in [-0.15, -0.1) is 5.10 Å². The molecule has 5 aromatic rings. The molecule has 0 radical (unpaired) electrons. The molecule has 7 heteroatoms. The highest BCUT2D eigenvalue weighted by Gasteiger charge is 2.47. The molecular weight excluding hydrogens is 441 g/mol. The van der Waals surface area contributed by atoms with Crippen LogP contribution >= 0.6 is 0 Å². The van der Waals surface area contributed by atoms with Crippen LogP contribution in [0.4, 0.5) is 4.39 Å². The summed E-state index contributed by atoms with van der Waals surface area (Å²) in [7, 11) is 0. The summed E-state index contributed by atoms with van der Waals surface area (Å²) in [6.45, 7) is 0.390. The fourth-order valence-corrected chi connectivity index (χ4v) is 4.53. The topological polar surface area (TPSA) is 72.7 Å². The Labute approximate surface area is 201 Å². The van der Waals surface area contributed by atoms with Crippen LogP contribution in [0.25, 0.3) is 22.0 Å². The summed E-state index contributed by atoms with van der Waals surface area (Å²) in [6.07, 6.45) is 6.91. The molecule has 6 rings (SSSR count). The number of halogens is 1. The van der Waals surface area contributed by atoms with Crippen LogP contribution < -0.4 is 5.32 Å². The van der Waals surface area contributed by atoms with Gasteiger partial charge in [-0.25, -0.2) is 9.07 Å². The zero-order valence-corrected chi connectivity index (χ0v) is 18.9. The second kappa shape index (κ2) is 8.43. The number of nitrogens with one attached hydrogen (secondary N) is 1. The summed E-state index contributed by atoms with van der Waals surface area (Å²) < 4.78 is 16.1. The van der Waals surface area contributed by atoms with Crippen molar-refractivity contribution in [2.45, 2.75) is 24.9 Å². The van der Waals surface area contributed by atoms with Gasteiger partial charge in [0.2, 0.25) is 0 Å². The minimum atomic E-state index is -0.637. The highest BCUT2D eigenvalue weighted by atomic mass is 19.1. The second-order valence-electron chi connectivity index (χ2n) is 8.91. The minimum Gasteiger partial charge on any atom is -0.342 e. The van der Waals surface area contributed by atoms with Crippen molar-refractivity contribution in [2.24, 2.45) is 0 Å². The summed E-state index contributed by atoms with van der Waals surface area (Å²) in [5, 5.41) is 13.9. The van der Waals surface area contributed by atoms with Gasteiger partial charge in [-0.1, -0.05) is 53.7 Å². The van der Waals surface area contributed by atoms with Crippen LogP contribution in [-0.4, -0.2) is 25.9 Å².